The number of hydrogen-bond acceptors (Lipinski definition) is 3. The van der Waals surface area contributed by atoms with Crippen molar-refractivity contribution in [3.63, 3.8) is 0 Å². The maximum atomic E-state index is 11.2. The molecule has 5 nitrogen and oxygen atoms in total. The van der Waals surface area contributed by atoms with Crippen LogP contribution in [0.2, 0.25) is 0 Å². The molecule has 0 unspecified atom stereocenters. The Hall–Kier alpha value is -1.88. The van der Waals surface area contributed by atoms with Crippen molar-refractivity contribution in [1.29, 1.82) is 0 Å². The minimum absolute atomic E-state index is 0.301. The smallest absolute Gasteiger partial charge is 0.335 e. The van der Waals surface area contributed by atoms with Crippen LogP contribution in [0.5, 0.6) is 0 Å². The van der Waals surface area contributed by atoms with E-state index in [1.807, 2.05) is 6.07 Å². The molecule has 1 aromatic heterocycles. The minimum Gasteiger partial charge on any atom is -0.478 e. The van der Waals surface area contributed by atoms with Crippen molar-refractivity contribution < 1.29 is 9.90 Å². The number of aromatic nitrogens is 2. The molecule has 0 bridgehead atoms. The Morgan fingerprint density at radius 1 is 1.08 bits per heavy atom. The summed E-state index contributed by atoms with van der Waals surface area (Å²) in [5.41, 5.74) is 2.13. The van der Waals surface area contributed by atoms with Crippen molar-refractivity contribution in [3.8, 4) is 0 Å². The first-order valence-corrected chi connectivity index (χ1v) is 10.0. The second-order valence-electron chi connectivity index (χ2n) is 6.94. The van der Waals surface area contributed by atoms with Gasteiger partial charge in [-0.15, -0.1) is 0 Å². The topological polar surface area (TPSA) is 58.4 Å². The van der Waals surface area contributed by atoms with Gasteiger partial charge in [0.15, 0.2) is 0 Å². The number of aromatic carboxylic acids is 1. The van der Waals surface area contributed by atoms with E-state index >= 15 is 0 Å². The predicted molar refractivity (Wildman–Crippen MR) is 107 cm³/mol. The fourth-order valence-electron chi connectivity index (χ4n) is 3.38. The van der Waals surface area contributed by atoms with Gasteiger partial charge in [0.25, 0.3) is 0 Å². The summed E-state index contributed by atoms with van der Waals surface area (Å²) < 4.78 is 2.26. The first-order valence-electron chi connectivity index (χ1n) is 10.0. The zero-order valence-corrected chi connectivity index (χ0v) is 16.5. The lowest BCUT2D eigenvalue weighted by Crippen LogP contribution is -2.28. The molecule has 0 fully saturated rings. The van der Waals surface area contributed by atoms with Crippen LogP contribution in [-0.4, -0.2) is 45.2 Å². The Morgan fingerprint density at radius 2 is 1.73 bits per heavy atom. The summed E-state index contributed by atoms with van der Waals surface area (Å²) in [5, 5.41) is 9.18. The van der Waals surface area contributed by atoms with E-state index in [0.29, 0.717) is 5.56 Å². The Kier molecular flexibility index (Phi) is 8.10. The number of carboxylic acid groups (broad SMARTS) is 1. The van der Waals surface area contributed by atoms with Crippen LogP contribution in [-0.2, 0) is 13.0 Å². The first kappa shape index (κ1) is 20.4. The third-order valence-corrected chi connectivity index (χ3v) is 4.90. The fraction of sp³-hybridized carbons (Fsp3) is 0.619. The summed E-state index contributed by atoms with van der Waals surface area (Å²) in [7, 11) is 0. The van der Waals surface area contributed by atoms with Gasteiger partial charge >= 0.3 is 5.97 Å². The third-order valence-electron chi connectivity index (χ3n) is 4.90. The average Bonchev–Trinajstić information content (AvgIpc) is 3.00. The standard InChI is InChI=1S/C21H33N3O2/c1-4-7-12-23(13-8-5-2)14-9-15-24-19-11-10-17(21(25)26)16-18(19)22-20(24)6-3/h10-11,16H,4-9,12-15H2,1-3H3,(H,25,26). The Morgan fingerprint density at radius 3 is 2.31 bits per heavy atom. The molecule has 0 aliphatic rings. The predicted octanol–water partition coefficient (Wildman–Crippen LogP) is 4.59. The molecule has 1 heterocycles. The molecule has 2 rings (SSSR count). The highest BCUT2D eigenvalue weighted by atomic mass is 16.4. The number of unbranched alkanes of at least 4 members (excludes halogenated alkanes) is 2. The molecule has 0 saturated heterocycles. The highest BCUT2D eigenvalue weighted by Crippen LogP contribution is 2.19. The second-order valence-corrected chi connectivity index (χ2v) is 6.94. The summed E-state index contributed by atoms with van der Waals surface area (Å²) in [4.78, 5) is 18.4. The van der Waals surface area contributed by atoms with Gasteiger partial charge in [0.2, 0.25) is 0 Å². The maximum Gasteiger partial charge on any atom is 0.335 e. The van der Waals surface area contributed by atoms with E-state index in [4.69, 9.17) is 0 Å². The van der Waals surface area contributed by atoms with Crippen LogP contribution in [0, 0.1) is 0 Å². The lowest BCUT2D eigenvalue weighted by Gasteiger charge is -2.22. The molecule has 0 amide bonds. The van der Waals surface area contributed by atoms with Crippen LogP contribution in [0.3, 0.4) is 0 Å². The van der Waals surface area contributed by atoms with E-state index < -0.39 is 5.97 Å². The van der Waals surface area contributed by atoms with Crippen LogP contribution in [0.1, 0.15) is 69.1 Å². The van der Waals surface area contributed by atoms with Crippen molar-refractivity contribution in [3.05, 3.63) is 29.6 Å². The quantitative estimate of drug-likeness (QED) is 0.602. The van der Waals surface area contributed by atoms with Crippen molar-refractivity contribution in [1.82, 2.24) is 14.5 Å². The zero-order chi connectivity index (χ0) is 18.9. The number of fused-ring (bicyclic) bond motifs is 1. The van der Waals surface area contributed by atoms with Crippen LogP contribution in [0.4, 0.5) is 0 Å². The number of imidazole rings is 1. The lowest BCUT2D eigenvalue weighted by atomic mass is 10.2. The minimum atomic E-state index is -0.901. The zero-order valence-electron chi connectivity index (χ0n) is 16.5. The number of carboxylic acids is 1. The molecular formula is C21H33N3O2. The van der Waals surface area contributed by atoms with E-state index in [2.05, 4.69) is 35.2 Å². The lowest BCUT2D eigenvalue weighted by molar-refractivity contribution is 0.0697. The summed E-state index contributed by atoms with van der Waals surface area (Å²) in [6, 6.07) is 5.26. The highest BCUT2D eigenvalue weighted by molar-refractivity contribution is 5.92. The summed E-state index contributed by atoms with van der Waals surface area (Å²) in [5.74, 6) is 0.137. The summed E-state index contributed by atoms with van der Waals surface area (Å²) >= 11 is 0. The first-order chi connectivity index (χ1) is 12.6. The van der Waals surface area contributed by atoms with Gasteiger partial charge in [-0.25, -0.2) is 9.78 Å². The fourth-order valence-corrected chi connectivity index (χ4v) is 3.38. The number of nitrogens with zero attached hydrogens (tertiary/aromatic N) is 3. The van der Waals surface area contributed by atoms with Gasteiger partial charge in [0.1, 0.15) is 5.82 Å². The van der Waals surface area contributed by atoms with E-state index in [1.54, 1.807) is 12.1 Å². The van der Waals surface area contributed by atoms with Gasteiger partial charge in [-0.1, -0.05) is 33.6 Å². The maximum absolute atomic E-state index is 11.2. The van der Waals surface area contributed by atoms with Crippen LogP contribution in [0.15, 0.2) is 18.2 Å². The van der Waals surface area contributed by atoms with E-state index in [1.165, 1.54) is 38.8 Å². The Labute approximate surface area is 157 Å². The molecule has 0 spiro atoms. The summed E-state index contributed by atoms with van der Waals surface area (Å²) in [6.07, 6.45) is 6.94. The molecule has 5 heteroatoms. The Bertz CT molecular complexity index is 701. The van der Waals surface area contributed by atoms with Gasteiger partial charge in [-0.3, -0.25) is 0 Å². The van der Waals surface area contributed by atoms with Crippen LogP contribution < -0.4 is 0 Å². The average molecular weight is 360 g/mol. The monoisotopic (exact) mass is 359 g/mol. The number of hydrogen-bond donors (Lipinski definition) is 1. The number of aryl methyl sites for hydroxylation is 2. The molecule has 0 aliphatic heterocycles. The van der Waals surface area contributed by atoms with E-state index in [0.717, 1.165) is 42.8 Å². The molecule has 0 aliphatic carbocycles. The third kappa shape index (κ3) is 5.31. The van der Waals surface area contributed by atoms with Crippen LogP contribution in [0.25, 0.3) is 11.0 Å². The van der Waals surface area contributed by atoms with Crippen molar-refractivity contribution in [2.45, 2.75) is 65.8 Å². The van der Waals surface area contributed by atoms with Crippen LogP contribution >= 0.6 is 0 Å². The molecule has 0 saturated carbocycles. The van der Waals surface area contributed by atoms with Gasteiger partial charge in [0, 0.05) is 13.0 Å². The number of rotatable bonds is 12. The molecule has 1 N–H and O–H groups in total. The molecular weight excluding hydrogens is 326 g/mol. The molecule has 1 aromatic carbocycles. The number of benzene rings is 1. The van der Waals surface area contributed by atoms with Crippen molar-refractivity contribution >= 4 is 17.0 Å². The van der Waals surface area contributed by atoms with Gasteiger partial charge < -0.3 is 14.6 Å². The Balaban J connectivity index is 2.07. The molecule has 0 atom stereocenters. The van der Waals surface area contributed by atoms with Crippen molar-refractivity contribution in [2.75, 3.05) is 19.6 Å². The van der Waals surface area contributed by atoms with Crippen molar-refractivity contribution in [2.24, 2.45) is 0 Å². The SMILES string of the molecule is CCCCN(CCCC)CCCn1c(CC)nc2cc(C(=O)O)ccc21. The molecule has 144 valence electrons. The van der Waals surface area contributed by atoms with E-state index in [9.17, 15) is 9.90 Å². The van der Waals surface area contributed by atoms with E-state index in [-0.39, 0.29) is 0 Å². The normalized spacial score (nSPS) is 11.5. The summed E-state index contributed by atoms with van der Waals surface area (Å²) in [6.45, 7) is 11.0. The van der Waals surface area contributed by atoms with Gasteiger partial charge in [-0.05, 0) is 57.1 Å². The molecule has 2 aromatic rings. The highest BCUT2D eigenvalue weighted by Gasteiger charge is 2.12. The number of carbonyl (C=O) groups is 1. The molecule has 0 radical (unpaired) electrons. The second kappa shape index (κ2) is 10.3. The van der Waals surface area contributed by atoms with Gasteiger partial charge in [0.05, 0.1) is 16.6 Å². The van der Waals surface area contributed by atoms with Gasteiger partial charge in [-0.2, -0.15) is 0 Å². The largest absolute Gasteiger partial charge is 0.478 e. The molecule has 26 heavy (non-hydrogen) atoms.